The van der Waals surface area contributed by atoms with Crippen molar-refractivity contribution >= 4 is 11.9 Å². The molecule has 2 aromatic rings. The van der Waals surface area contributed by atoms with Gasteiger partial charge in [0, 0.05) is 6.54 Å². The number of ether oxygens (including phenoxy) is 2. The van der Waals surface area contributed by atoms with Crippen LogP contribution in [0, 0.1) is 5.92 Å². The van der Waals surface area contributed by atoms with E-state index in [-0.39, 0.29) is 30.8 Å². The predicted molar refractivity (Wildman–Crippen MR) is 110 cm³/mol. The van der Waals surface area contributed by atoms with E-state index in [1.165, 1.54) is 19.2 Å². The zero-order valence-corrected chi connectivity index (χ0v) is 17.1. The number of aromatic hydroxyl groups is 1. The molecule has 0 saturated heterocycles. The van der Waals surface area contributed by atoms with E-state index in [1.54, 1.807) is 12.1 Å². The van der Waals surface area contributed by atoms with Gasteiger partial charge in [-0.1, -0.05) is 56.3 Å². The number of methoxy groups -OCH3 is 1. The Morgan fingerprint density at radius 2 is 1.76 bits per heavy atom. The van der Waals surface area contributed by atoms with Gasteiger partial charge in [-0.3, -0.25) is 9.59 Å². The van der Waals surface area contributed by atoms with E-state index in [0.29, 0.717) is 12.0 Å². The van der Waals surface area contributed by atoms with Crippen molar-refractivity contribution in [1.29, 1.82) is 0 Å². The summed E-state index contributed by atoms with van der Waals surface area (Å²) in [5.74, 6) is -1.12. The highest BCUT2D eigenvalue weighted by atomic mass is 16.5. The third-order valence-electron chi connectivity index (χ3n) is 4.54. The Bertz CT molecular complexity index is 791. The van der Waals surface area contributed by atoms with Gasteiger partial charge >= 0.3 is 11.9 Å². The highest BCUT2D eigenvalue weighted by molar-refractivity contribution is 5.79. The lowest BCUT2D eigenvalue weighted by atomic mass is 9.97. The minimum absolute atomic E-state index is 0.0670. The molecule has 0 aromatic heterocycles. The van der Waals surface area contributed by atoms with Crippen molar-refractivity contribution in [1.82, 2.24) is 5.32 Å². The third kappa shape index (κ3) is 7.23. The molecule has 0 aliphatic heterocycles. The van der Waals surface area contributed by atoms with Gasteiger partial charge in [0.1, 0.15) is 18.4 Å². The number of benzene rings is 2. The van der Waals surface area contributed by atoms with E-state index in [4.69, 9.17) is 9.47 Å². The molecular formula is C23H29NO5. The third-order valence-corrected chi connectivity index (χ3v) is 4.54. The van der Waals surface area contributed by atoms with E-state index in [9.17, 15) is 14.7 Å². The Morgan fingerprint density at radius 3 is 2.38 bits per heavy atom. The minimum Gasteiger partial charge on any atom is -0.508 e. The second-order valence-electron chi connectivity index (χ2n) is 7.35. The molecule has 1 unspecified atom stereocenters. The molecule has 6 heteroatoms. The Kier molecular flexibility index (Phi) is 8.68. The number of esters is 2. The normalized spacial score (nSPS) is 13.0. The number of carbonyl (C=O) groups excluding carboxylic acids is 2. The summed E-state index contributed by atoms with van der Waals surface area (Å²) in [6.07, 6.45) is 0.571. The van der Waals surface area contributed by atoms with E-state index < -0.39 is 17.9 Å². The number of hydrogen-bond donors (Lipinski definition) is 2. The van der Waals surface area contributed by atoms with Crippen LogP contribution in [0.2, 0.25) is 0 Å². The topological polar surface area (TPSA) is 84.9 Å². The van der Waals surface area contributed by atoms with Crippen molar-refractivity contribution in [3.63, 3.8) is 0 Å². The molecule has 2 atom stereocenters. The highest BCUT2D eigenvalue weighted by Gasteiger charge is 2.27. The molecule has 0 aliphatic carbocycles. The predicted octanol–water partition coefficient (Wildman–Crippen LogP) is 3.40. The average Bonchev–Trinajstić information content (AvgIpc) is 2.71. The lowest BCUT2D eigenvalue weighted by Crippen LogP contribution is -2.42. The first-order valence-corrected chi connectivity index (χ1v) is 9.71. The molecule has 0 fully saturated rings. The van der Waals surface area contributed by atoms with E-state index >= 15 is 0 Å². The summed E-state index contributed by atoms with van der Waals surface area (Å²) >= 11 is 0. The van der Waals surface area contributed by atoms with Crippen molar-refractivity contribution in [2.45, 2.75) is 38.8 Å². The Morgan fingerprint density at radius 1 is 1.03 bits per heavy atom. The van der Waals surface area contributed by atoms with Crippen molar-refractivity contribution in [3.05, 3.63) is 65.7 Å². The number of hydrogen-bond acceptors (Lipinski definition) is 6. The molecule has 2 rings (SSSR count). The van der Waals surface area contributed by atoms with Gasteiger partial charge in [0.05, 0.1) is 13.0 Å². The van der Waals surface area contributed by atoms with E-state index in [1.807, 2.05) is 44.2 Å². The van der Waals surface area contributed by atoms with Gasteiger partial charge < -0.3 is 19.9 Å². The van der Waals surface area contributed by atoms with E-state index in [2.05, 4.69) is 5.32 Å². The quantitative estimate of drug-likeness (QED) is 0.596. The van der Waals surface area contributed by atoms with Gasteiger partial charge in [0.15, 0.2) is 0 Å². The number of phenolic OH excluding ortho intramolecular Hbond substituents is 1. The molecule has 0 saturated carbocycles. The van der Waals surface area contributed by atoms with Crippen LogP contribution in [0.15, 0.2) is 54.6 Å². The molecular weight excluding hydrogens is 370 g/mol. The number of nitrogens with one attached hydrogen (secondary N) is 1. The highest BCUT2D eigenvalue weighted by Crippen LogP contribution is 2.21. The van der Waals surface area contributed by atoms with Gasteiger partial charge in [0.25, 0.3) is 0 Å². The van der Waals surface area contributed by atoms with Gasteiger partial charge in [-0.25, -0.2) is 0 Å². The summed E-state index contributed by atoms with van der Waals surface area (Å²) in [6, 6.07) is 15.4. The Labute approximate surface area is 171 Å². The van der Waals surface area contributed by atoms with Gasteiger partial charge in [-0.15, -0.1) is 0 Å². The van der Waals surface area contributed by atoms with Crippen LogP contribution in [0.3, 0.4) is 0 Å². The minimum atomic E-state index is -0.649. The van der Waals surface area contributed by atoms with Crippen LogP contribution >= 0.6 is 0 Å². The zero-order valence-electron chi connectivity index (χ0n) is 17.1. The average molecular weight is 399 g/mol. The summed E-state index contributed by atoms with van der Waals surface area (Å²) < 4.78 is 10.4. The Hall–Kier alpha value is -2.86. The molecule has 156 valence electrons. The molecule has 6 nitrogen and oxygen atoms in total. The van der Waals surface area contributed by atoms with Gasteiger partial charge in [0.2, 0.25) is 0 Å². The summed E-state index contributed by atoms with van der Waals surface area (Å²) in [4.78, 5) is 24.9. The van der Waals surface area contributed by atoms with Gasteiger partial charge in [-0.05, 0) is 35.6 Å². The van der Waals surface area contributed by atoms with Crippen LogP contribution in [0.1, 0.15) is 37.3 Å². The molecule has 0 amide bonds. The monoisotopic (exact) mass is 399 g/mol. The summed E-state index contributed by atoms with van der Waals surface area (Å²) in [6.45, 7) is 4.43. The van der Waals surface area contributed by atoms with Crippen LogP contribution in [0.5, 0.6) is 5.75 Å². The van der Waals surface area contributed by atoms with Crippen molar-refractivity contribution in [2.75, 3.05) is 13.7 Å². The van der Waals surface area contributed by atoms with Crippen LogP contribution in [-0.4, -0.2) is 36.7 Å². The Balaban J connectivity index is 2.06. The lowest BCUT2D eigenvalue weighted by Gasteiger charge is -2.22. The molecule has 29 heavy (non-hydrogen) atoms. The first-order valence-electron chi connectivity index (χ1n) is 9.71. The largest absolute Gasteiger partial charge is 0.508 e. The second kappa shape index (κ2) is 11.2. The lowest BCUT2D eigenvalue weighted by molar-refractivity contribution is -0.149. The van der Waals surface area contributed by atoms with Crippen LogP contribution < -0.4 is 5.32 Å². The standard InChI is InChI=1S/C23H29NO5/c1-16(2)12-21(23(27)29-15-17-8-5-4-6-9-17)24-14-20(22(26)28-3)18-10-7-11-19(25)13-18/h4-11,13,16,20-21,24-25H,12,14-15H2,1-3H3/t20?,21-/m0/s1. The van der Waals surface area contributed by atoms with Crippen LogP contribution in [0.4, 0.5) is 0 Å². The van der Waals surface area contributed by atoms with E-state index in [0.717, 1.165) is 5.56 Å². The SMILES string of the molecule is COC(=O)C(CN[C@@H](CC(C)C)C(=O)OCc1ccccc1)c1cccc(O)c1. The molecule has 0 heterocycles. The molecule has 0 spiro atoms. The summed E-state index contributed by atoms with van der Waals surface area (Å²) in [5.41, 5.74) is 1.53. The summed E-state index contributed by atoms with van der Waals surface area (Å²) in [7, 11) is 1.32. The molecule has 0 radical (unpaired) electrons. The zero-order chi connectivity index (χ0) is 21.2. The first-order chi connectivity index (χ1) is 13.9. The van der Waals surface area contributed by atoms with Crippen molar-refractivity contribution in [2.24, 2.45) is 5.92 Å². The smallest absolute Gasteiger partial charge is 0.323 e. The van der Waals surface area contributed by atoms with Crippen LogP contribution in [-0.2, 0) is 25.7 Å². The van der Waals surface area contributed by atoms with Gasteiger partial charge in [-0.2, -0.15) is 0 Å². The fraction of sp³-hybridized carbons (Fsp3) is 0.391. The maximum absolute atomic E-state index is 12.7. The fourth-order valence-electron chi connectivity index (χ4n) is 3.04. The molecule has 2 N–H and O–H groups in total. The second-order valence-corrected chi connectivity index (χ2v) is 7.35. The number of carbonyl (C=O) groups is 2. The number of phenols is 1. The molecule has 0 aliphatic rings. The molecule has 2 aromatic carbocycles. The fourth-order valence-corrected chi connectivity index (χ4v) is 3.04. The number of rotatable bonds is 10. The van der Waals surface area contributed by atoms with Crippen molar-refractivity contribution < 1.29 is 24.2 Å². The maximum Gasteiger partial charge on any atom is 0.323 e. The van der Waals surface area contributed by atoms with Crippen LogP contribution in [0.25, 0.3) is 0 Å². The maximum atomic E-state index is 12.7. The van der Waals surface area contributed by atoms with Crippen molar-refractivity contribution in [3.8, 4) is 5.75 Å². The molecule has 0 bridgehead atoms. The summed E-state index contributed by atoms with van der Waals surface area (Å²) in [5, 5.41) is 12.9. The first kappa shape index (κ1) is 22.4.